The van der Waals surface area contributed by atoms with Crippen LogP contribution in [0.1, 0.15) is 12.5 Å². The van der Waals surface area contributed by atoms with Crippen LogP contribution in [0, 0.1) is 0 Å². The van der Waals surface area contributed by atoms with Gasteiger partial charge in [0, 0.05) is 10.0 Å². The molecule has 5 heteroatoms. The molecule has 0 atom stereocenters. The zero-order valence-corrected chi connectivity index (χ0v) is 12.6. The average Bonchev–Trinajstić information content (AvgIpc) is 2.45. The summed E-state index contributed by atoms with van der Waals surface area (Å²) in [4.78, 5) is 0. The summed E-state index contributed by atoms with van der Waals surface area (Å²) >= 11 is 3.38. The average molecular weight is 335 g/mol. The van der Waals surface area contributed by atoms with E-state index in [0.717, 1.165) is 10.2 Å². The molecule has 0 aliphatic rings. The van der Waals surface area contributed by atoms with Gasteiger partial charge in [-0.1, -0.05) is 34.1 Å². The highest BCUT2D eigenvalue weighted by Gasteiger charge is 2.08. The summed E-state index contributed by atoms with van der Waals surface area (Å²) in [5, 5.41) is 14.2. The lowest BCUT2D eigenvalue weighted by Gasteiger charge is -2.08. The SMILES string of the molecule is CCOc1cc(Br)cc(C=NNc2ccccc2)c1O. The molecule has 104 valence electrons. The summed E-state index contributed by atoms with van der Waals surface area (Å²) < 4.78 is 6.18. The Morgan fingerprint density at radius 1 is 1.30 bits per heavy atom. The van der Waals surface area contributed by atoms with Crippen molar-refractivity contribution in [1.82, 2.24) is 0 Å². The molecule has 0 radical (unpaired) electrons. The van der Waals surface area contributed by atoms with Crippen LogP contribution in [0.15, 0.2) is 52.0 Å². The fourth-order valence-corrected chi connectivity index (χ4v) is 2.10. The molecule has 0 heterocycles. The van der Waals surface area contributed by atoms with Gasteiger partial charge in [-0.05, 0) is 31.2 Å². The largest absolute Gasteiger partial charge is 0.504 e. The van der Waals surface area contributed by atoms with Crippen LogP contribution in [0.4, 0.5) is 5.69 Å². The summed E-state index contributed by atoms with van der Waals surface area (Å²) in [6.45, 7) is 2.36. The molecule has 0 unspecified atom stereocenters. The molecule has 4 nitrogen and oxygen atoms in total. The number of aromatic hydroxyl groups is 1. The smallest absolute Gasteiger partial charge is 0.166 e. The van der Waals surface area contributed by atoms with Gasteiger partial charge in [0.1, 0.15) is 0 Å². The van der Waals surface area contributed by atoms with Gasteiger partial charge in [0.05, 0.1) is 18.5 Å². The first-order valence-corrected chi connectivity index (χ1v) is 6.99. The van der Waals surface area contributed by atoms with Crippen LogP contribution in [0.5, 0.6) is 11.5 Å². The Kier molecular flexibility index (Phi) is 5.01. The first kappa shape index (κ1) is 14.4. The Morgan fingerprint density at radius 3 is 2.75 bits per heavy atom. The molecule has 0 saturated carbocycles. The first-order chi connectivity index (χ1) is 9.70. The van der Waals surface area contributed by atoms with Gasteiger partial charge < -0.3 is 9.84 Å². The van der Waals surface area contributed by atoms with Gasteiger partial charge in [-0.25, -0.2) is 0 Å². The van der Waals surface area contributed by atoms with E-state index < -0.39 is 0 Å². The molecule has 20 heavy (non-hydrogen) atoms. The third-order valence-electron chi connectivity index (χ3n) is 2.54. The number of ether oxygens (including phenoxy) is 1. The van der Waals surface area contributed by atoms with E-state index in [2.05, 4.69) is 26.5 Å². The molecule has 2 N–H and O–H groups in total. The summed E-state index contributed by atoms with van der Waals surface area (Å²) in [6, 6.07) is 13.1. The highest BCUT2D eigenvalue weighted by molar-refractivity contribution is 9.10. The highest BCUT2D eigenvalue weighted by atomic mass is 79.9. The van der Waals surface area contributed by atoms with Crippen molar-refractivity contribution in [2.45, 2.75) is 6.92 Å². The predicted octanol–water partition coefficient (Wildman–Crippen LogP) is 4.00. The molecule has 0 amide bonds. The Hall–Kier alpha value is -2.01. The van der Waals surface area contributed by atoms with Gasteiger partial charge >= 0.3 is 0 Å². The van der Waals surface area contributed by atoms with Gasteiger partial charge in [0.2, 0.25) is 0 Å². The van der Waals surface area contributed by atoms with Crippen molar-refractivity contribution in [1.29, 1.82) is 0 Å². The third kappa shape index (κ3) is 3.74. The van der Waals surface area contributed by atoms with Crippen LogP contribution in [0.2, 0.25) is 0 Å². The third-order valence-corrected chi connectivity index (χ3v) is 3.00. The molecule has 0 aliphatic heterocycles. The number of hydrogen-bond acceptors (Lipinski definition) is 4. The quantitative estimate of drug-likeness (QED) is 0.641. The van der Waals surface area contributed by atoms with Crippen molar-refractivity contribution in [3.63, 3.8) is 0 Å². The highest BCUT2D eigenvalue weighted by Crippen LogP contribution is 2.32. The summed E-state index contributed by atoms with van der Waals surface area (Å²) in [6.07, 6.45) is 1.55. The minimum atomic E-state index is 0.0775. The van der Waals surface area contributed by atoms with Crippen molar-refractivity contribution < 1.29 is 9.84 Å². The van der Waals surface area contributed by atoms with Crippen LogP contribution in [-0.2, 0) is 0 Å². The second-order valence-corrected chi connectivity index (χ2v) is 4.93. The molecule has 0 saturated heterocycles. The van der Waals surface area contributed by atoms with E-state index >= 15 is 0 Å². The lowest BCUT2D eigenvalue weighted by molar-refractivity contribution is 0.317. The van der Waals surface area contributed by atoms with Gasteiger partial charge in [0.15, 0.2) is 11.5 Å². The topological polar surface area (TPSA) is 53.8 Å². The van der Waals surface area contributed by atoms with Gasteiger partial charge in [0.25, 0.3) is 0 Å². The molecular weight excluding hydrogens is 320 g/mol. The fraction of sp³-hybridized carbons (Fsp3) is 0.133. The number of halogens is 1. The number of benzene rings is 2. The van der Waals surface area contributed by atoms with E-state index in [1.165, 1.54) is 0 Å². The minimum Gasteiger partial charge on any atom is -0.504 e. The van der Waals surface area contributed by atoms with Crippen LogP contribution in [0.3, 0.4) is 0 Å². The van der Waals surface area contributed by atoms with E-state index in [1.54, 1.807) is 18.3 Å². The van der Waals surface area contributed by atoms with Crippen molar-refractivity contribution in [2.75, 3.05) is 12.0 Å². The summed E-state index contributed by atoms with van der Waals surface area (Å²) in [5.41, 5.74) is 4.35. The monoisotopic (exact) mass is 334 g/mol. The van der Waals surface area contributed by atoms with Crippen LogP contribution in [-0.4, -0.2) is 17.9 Å². The fourth-order valence-electron chi connectivity index (χ4n) is 1.65. The number of para-hydroxylation sites is 1. The van der Waals surface area contributed by atoms with Crippen LogP contribution < -0.4 is 10.2 Å². The van der Waals surface area contributed by atoms with Gasteiger partial charge in [-0.15, -0.1) is 0 Å². The maximum Gasteiger partial charge on any atom is 0.166 e. The summed E-state index contributed by atoms with van der Waals surface area (Å²) in [5.74, 6) is 0.511. The molecule has 0 aromatic heterocycles. The van der Waals surface area contributed by atoms with Crippen molar-refractivity contribution in [3.05, 3.63) is 52.5 Å². The Bertz CT molecular complexity index is 600. The molecular formula is C15H15BrN2O2. The minimum absolute atomic E-state index is 0.0775. The Morgan fingerprint density at radius 2 is 2.05 bits per heavy atom. The van der Waals surface area contributed by atoms with Crippen molar-refractivity contribution in [3.8, 4) is 11.5 Å². The number of hydrazone groups is 1. The van der Waals surface area contributed by atoms with E-state index in [9.17, 15) is 5.11 Å². The lowest BCUT2D eigenvalue weighted by Crippen LogP contribution is -1.95. The number of nitrogens with zero attached hydrogens (tertiary/aromatic N) is 1. The van der Waals surface area contributed by atoms with E-state index in [1.807, 2.05) is 37.3 Å². The second kappa shape index (κ2) is 6.96. The predicted molar refractivity (Wildman–Crippen MR) is 84.6 cm³/mol. The molecule has 0 fully saturated rings. The number of phenols is 1. The zero-order chi connectivity index (χ0) is 14.4. The van der Waals surface area contributed by atoms with Crippen molar-refractivity contribution in [2.24, 2.45) is 5.10 Å². The first-order valence-electron chi connectivity index (χ1n) is 6.20. The van der Waals surface area contributed by atoms with Gasteiger partial charge in [-0.3, -0.25) is 5.43 Å². The van der Waals surface area contributed by atoms with Crippen LogP contribution in [0.25, 0.3) is 0 Å². The molecule has 2 aromatic carbocycles. The maximum absolute atomic E-state index is 10.1. The molecule has 0 bridgehead atoms. The van der Waals surface area contributed by atoms with E-state index in [-0.39, 0.29) is 5.75 Å². The summed E-state index contributed by atoms with van der Waals surface area (Å²) in [7, 11) is 0. The number of anilines is 1. The number of phenolic OH excluding ortho intramolecular Hbond substituents is 1. The molecule has 2 aromatic rings. The number of hydrogen-bond donors (Lipinski definition) is 2. The lowest BCUT2D eigenvalue weighted by atomic mass is 10.2. The van der Waals surface area contributed by atoms with Gasteiger partial charge in [-0.2, -0.15) is 5.10 Å². The molecule has 2 rings (SSSR count). The Balaban J connectivity index is 2.16. The van der Waals surface area contributed by atoms with Crippen LogP contribution >= 0.6 is 15.9 Å². The van der Waals surface area contributed by atoms with E-state index in [4.69, 9.17) is 4.74 Å². The standard InChI is InChI=1S/C15H15BrN2O2/c1-2-20-14-9-12(16)8-11(15(14)19)10-17-18-13-6-4-3-5-7-13/h3-10,18-19H,2H2,1H3. The van der Waals surface area contributed by atoms with Crippen molar-refractivity contribution >= 4 is 27.8 Å². The number of rotatable bonds is 5. The normalized spacial score (nSPS) is 10.7. The maximum atomic E-state index is 10.1. The molecule has 0 aliphatic carbocycles. The molecule has 0 spiro atoms. The zero-order valence-electron chi connectivity index (χ0n) is 11.0. The second-order valence-electron chi connectivity index (χ2n) is 4.01. The Labute approximate surface area is 126 Å². The van der Waals surface area contributed by atoms with E-state index in [0.29, 0.717) is 17.9 Å². The number of nitrogens with one attached hydrogen (secondary N) is 1.